The van der Waals surface area contributed by atoms with Crippen molar-refractivity contribution in [3.8, 4) is 0 Å². The summed E-state index contributed by atoms with van der Waals surface area (Å²) < 4.78 is 19.5. The minimum atomic E-state index is -1.37. The van der Waals surface area contributed by atoms with Crippen LogP contribution in [0.4, 0.5) is 4.39 Å². The summed E-state index contributed by atoms with van der Waals surface area (Å²) in [6.45, 7) is 1.37. The lowest BCUT2D eigenvalue weighted by atomic mass is 9.94. The molecule has 0 spiro atoms. The molecule has 4 nitrogen and oxygen atoms in total. The fourth-order valence-electron chi connectivity index (χ4n) is 1.96. The Morgan fingerprint density at radius 1 is 1.31 bits per heavy atom. The van der Waals surface area contributed by atoms with Crippen LogP contribution in [0.1, 0.15) is 43.3 Å². The largest absolute Gasteiger partial charge is 0.339 e. The number of nitrogens with one attached hydrogen (secondary N) is 1. The first-order valence-electron chi connectivity index (χ1n) is 5.52. The first-order chi connectivity index (χ1) is 7.28. The summed E-state index contributed by atoms with van der Waals surface area (Å²) in [4.78, 5) is 4.19. The molecular weight excluding hydrogens is 233 g/mol. The Hall–Kier alpha value is -0.680. The minimum absolute atomic E-state index is 0. The molecule has 1 aromatic heterocycles. The van der Waals surface area contributed by atoms with E-state index in [9.17, 15) is 4.39 Å². The highest BCUT2D eigenvalue weighted by molar-refractivity contribution is 5.85. The van der Waals surface area contributed by atoms with E-state index in [0.717, 1.165) is 12.8 Å². The van der Waals surface area contributed by atoms with Crippen LogP contribution in [0.25, 0.3) is 0 Å². The smallest absolute Gasteiger partial charge is 0.229 e. The predicted molar refractivity (Wildman–Crippen MR) is 58.4 cm³/mol. The molecule has 1 saturated heterocycles. The molecule has 90 valence electrons. The van der Waals surface area contributed by atoms with Gasteiger partial charge in [0.2, 0.25) is 11.7 Å². The first kappa shape index (κ1) is 11.8. The van der Waals surface area contributed by atoms with Gasteiger partial charge in [0.25, 0.3) is 0 Å². The van der Waals surface area contributed by atoms with Gasteiger partial charge in [0.15, 0.2) is 5.67 Å². The summed E-state index contributed by atoms with van der Waals surface area (Å²) in [6.07, 6.45) is 3.08. The van der Waals surface area contributed by atoms with Crippen LogP contribution in [0.5, 0.6) is 0 Å². The molecule has 1 N–H and O–H groups in total. The van der Waals surface area contributed by atoms with Crippen LogP contribution >= 0.6 is 12.4 Å². The normalized spacial score (nSPS) is 23.8. The van der Waals surface area contributed by atoms with Gasteiger partial charge in [-0.25, -0.2) is 4.39 Å². The van der Waals surface area contributed by atoms with Gasteiger partial charge in [-0.05, 0) is 25.9 Å². The zero-order valence-electron chi connectivity index (χ0n) is 8.91. The van der Waals surface area contributed by atoms with E-state index in [-0.39, 0.29) is 18.2 Å². The molecule has 3 rings (SSSR count). The maximum atomic E-state index is 14.4. The Morgan fingerprint density at radius 2 is 2.00 bits per heavy atom. The van der Waals surface area contributed by atoms with Crippen molar-refractivity contribution in [2.45, 2.75) is 37.3 Å². The van der Waals surface area contributed by atoms with Crippen molar-refractivity contribution in [3.63, 3.8) is 0 Å². The molecule has 6 heteroatoms. The topological polar surface area (TPSA) is 51.0 Å². The highest BCUT2D eigenvalue weighted by Crippen LogP contribution is 2.40. The highest BCUT2D eigenvalue weighted by atomic mass is 35.5. The quantitative estimate of drug-likeness (QED) is 0.868. The maximum Gasteiger partial charge on any atom is 0.229 e. The van der Waals surface area contributed by atoms with Crippen molar-refractivity contribution in [1.29, 1.82) is 0 Å². The number of rotatable bonds is 2. The molecule has 1 saturated carbocycles. The number of hydrogen-bond acceptors (Lipinski definition) is 4. The summed E-state index contributed by atoms with van der Waals surface area (Å²) in [5, 5.41) is 6.91. The molecule has 2 fully saturated rings. The average molecular weight is 248 g/mol. The lowest BCUT2D eigenvalue weighted by Gasteiger charge is -2.26. The number of alkyl halides is 1. The lowest BCUT2D eigenvalue weighted by Crippen LogP contribution is -2.37. The summed E-state index contributed by atoms with van der Waals surface area (Å²) in [6, 6.07) is 0. The van der Waals surface area contributed by atoms with Crippen molar-refractivity contribution in [2.75, 3.05) is 13.1 Å². The van der Waals surface area contributed by atoms with Crippen LogP contribution in [0.2, 0.25) is 0 Å². The van der Waals surface area contributed by atoms with Crippen LogP contribution in [-0.2, 0) is 5.67 Å². The molecule has 1 aromatic rings. The van der Waals surface area contributed by atoms with Crippen LogP contribution in [0.15, 0.2) is 4.52 Å². The second kappa shape index (κ2) is 4.30. The van der Waals surface area contributed by atoms with E-state index in [1.54, 1.807) is 0 Å². The number of nitrogens with zero attached hydrogens (tertiary/aromatic N) is 2. The molecule has 0 amide bonds. The van der Waals surface area contributed by atoms with E-state index < -0.39 is 5.67 Å². The van der Waals surface area contributed by atoms with Crippen LogP contribution < -0.4 is 5.32 Å². The van der Waals surface area contributed by atoms with Gasteiger partial charge in [0.05, 0.1) is 0 Å². The molecule has 0 radical (unpaired) electrons. The van der Waals surface area contributed by atoms with E-state index in [2.05, 4.69) is 15.5 Å². The molecule has 0 bridgehead atoms. The Bertz CT molecular complexity index is 361. The standard InChI is InChI=1S/C10H14FN3O.ClH/c11-10(3-5-12-6-4-10)9-13-8(15-14-9)7-1-2-7;/h7,12H,1-6H2;1H. The monoisotopic (exact) mass is 247 g/mol. The Morgan fingerprint density at radius 3 is 2.62 bits per heavy atom. The lowest BCUT2D eigenvalue weighted by molar-refractivity contribution is 0.101. The van der Waals surface area contributed by atoms with Gasteiger partial charge in [-0.2, -0.15) is 4.98 Å². The fraction of sp³-hybridized carbons (Fsp3) is 0.800. The summed E-state index contributed by atoms with van der Waals surface area (Å²) in [5.74, 6) is 1.28. The molecular formula is C10H15ClFN3O. The van der Waals surface area contributed by atoms with Gasteiger partial charge in [0.1, 0.15) is 0 Å². The average Bonchev–Trinajstić information content (AvgIpc) is 2.97. The Balaban J connectivity index is 0.000000963. The number of hydrogen-bond donors (Lipinski definition) is 1. The van der Waals surface area contributed by atoms with Crippen LogP contribution in [0, 0.1) is 0 Å². The third-order valence-electron chi connectivity index (χ3n) is 3.17. The summed E-state index contributed by atoms with van der Waals surface area (Å²) in [7, 11) is 0. The highest BCUT2D eigenvalue weighted by Gasteiger charge is 2.40. The van der Waals surface area contributed by atoms with Crippen molar-refractivity contribution in [2.24, 2.45) is 0 Å². The molecule has 0 unspecified atom stereocenters. The molecule has 0 atom stereocenters. The number of halogens is 2. The van der Waals surface area contributed by atoms with Crippen molar-refractivity contribution >= 4 is 12.4 Å². The van der Waals surface area contributed by atoms with E-state index in [4.69, 9.17) is 4.52 Å². The molecule has 2 heterocycles. The SMILES string of the molecule is Cl.FC1(c2noc(C3CC3)n2)CCNCC1. The third-order valence-corrected chi connectivity index (χ3v) is 3.17. The van der Waals surface area contributed by atoms with Gasteiger partial charge in [-0.15, -0.1) is 12.4 Å². The van der Waals surface area contributed by atoms with Gasteiger partial charge < -0.3 is 9.84 Å². The van der Waals surface area contributed by atoms with Gasteiger partial charge >= 0.3 is 0 Å². The third kappa shape index (κ3) is 2.06. The molecule has 2 aliphatic rings. The summed E-state index contributed by atoms with van der Waals surface area (Å²) >= 11 is 0. The van der Waals surface area contributed by atoms with E-state index in [0.29, 0.717) is 37.7 Å². The second-order valence-electron chi connectivity index (χ2n) is 4.45. The zero-order chi connectivity index (χ0) is 10.3. The van der Waals surface area contributed by atoms with Crippen molar-refractivity contribution in [3.05, 3.63) is 11.7 Å². The van der Waals surface area contributed by atoms with Crippen LogP contribution in [0.3, 0.4) is 0 Å². The predicted octanol–water partition coefficient (Wildman–Crippen LogP) is 1.92. The van der Waals surface area contributed by atoms with Gasteiger partial charge in [0, 0.05) is 18.8 Å². The molecule has 1 aliphatic heterocycles. The number of aromatic nitrogens is 2. The first-order valence-corrected chi connectivity index (χ1v) is 5.52. The molecule has 0 aromatic carbocycles. The van der Waals surface area contributed by atoms with Crippen LogP contribution in [-0.4, -0.2) is 23.2 Å². The van der Waals surface area contributed by atoms with Crippen molar-refractivity contribution < 1.29 is 8.91 Å². The van der Waals surface area contributed by atoms with E-state index in [1.165, 1.54) is 0 Å². The number of piperidine rings is 1. The second-order valence-corrected chi connectivity index (χ2v) is 4.45. The zero-order valence-corrected chi connectivity index (χ0v) is 9.73. The maximum absolute atomic E-state index is 14.4. The fourth-order valence-corrected chi connectivity index (χ4v) is 1.96. The minimum Gasteiger partial charge on any atom is -0.339 e. The van der Waals surface area contributed by atoms with Gasteiger partial charge in [-0.3, -0.25) is 0 Å². The Kier molecular flexibility index (Phi) is 3.17. The summed E-state index contributed by atoms with van der Waals surface area (Å²) in [5.41, 5.74) is -1.37. The molecule has 1 aliphatic carbocycles. The van der Waals surface area contributed by atoms with E-state index in [1.807, 2.05) is 0 Å². The Labute approximate surface area is 99.4 Å². The van der Waals surface area contributed by atoms with Gasteiger partial charge in [-0.1, -0.05) is 5.16 Å². The van der Waals surface area contributed by atoms with E-state index >= 15 is 0 Å². The van der Waals surface area contributed by atoms with Crippen molar-refractivity contribution in [1.82, 2.24) is 15.5 Å². The molecule has 16 heavy (non-hydrogen) atoms.